The van der Waals surface area contributed by atoms with Crippen molar-refractivity contribution in [2.45, 2.75) is 13.5 Å². The van der Waals surface area contributed by atoms with Gasteiger partial charge < -0.3 is 15.0 Å². The number of anilines is 1. The van der Waals surface area contributed by atoms with Crippen molar-refractivity contribution in [3.8, 4) is 0 Å². The molecule has 9 heteroatoms. The fourth-order valence-electron chi connectivity index (χ4n) is 2.04. The van der Waals surface area contributed by atoms with Crippen LogP contribution >= 0.6 is 0 Å². The van der Waals surface area contributed by atoms with Crippen LogP contribution in [0.15, 0.2) is 9.59 Å². The molecule has 2 aromatic rings. The summed E-state index contributed by atoms with van der Waals surface area (Å²) in [6.07, 6.45) is 0. The number of rotatable bonds is 4. The Balaban J connectivity index is 2.78. The number of hydrogen-bond acceptors (Lipinski definition) is 5. The zero-order valence-electron chi connectivity index (χ0n) is 11.4. The van der Waals surface area contributed by atoms with Gasteiger partial charge in [-0.25, -0.2) is 4.79 Å². The van der Waals surface area contributed by atoms with Crippen LogP contribution in [-0.2, 0) is 25.4 Å². The monoisotopic (exact) mass is 281 g/mol. The molecule has 0 aliphatic carbocycles. The first-order valence-corrected chi connectivity index (χ1v) is 6.00. The molecule has 2 rings (SSSR count). The number of fused-ring (bicyclic) bond motifs is 1. The Morgan fingerprint density at radius 2 is 1.95 bits per heavy atom. The van der Waals surface area contributed by atoms with Crippen molar-refractivity contribution >= 4 is 23.1 Å². The van der Waals surface area contributed by atoms with E-state index < -0.39 is 17.2 Å². The molecule has 0 spiro atoms. The second-order valence-corrected chi connectivity index (χ2v) is 4.30. The zero-order chi connectivity index (χ0) is 15.0. The lowest BCUT2D eigenvalue weighted by Gasteiger charge is -2.06. The molecule has 0 bridgehead atoms. The minimum Gasteiger partial charge on any atom is -0.480 e. The highest BCUT2D eigenvalue weighted by molar-refractivity contribution is 5.76. The number of aliphatic carboxylic acids is 1. The number of nitrogens with zero attached hydrogens (tertiary/aromatic N) is 4. The first kappa shape index (κ1) is 13.8. The van der Waals surface area contributed by atoms with Crippen LogP contribution in [0.4, 0.5) is 5.95 Å². The van der Waals surface area contributed by atoms with Gasteiger partial charge in [0.1, 0.15) is 6.54 Å². The number of aryl methyl sites for hydroxylation is 2. The molecule has 20 heavy (non-hydrogen) atoms. The Bertz CT molecular complexity index is 798. The van der Waals surface area contributed by atoms with Crippen LogP contribution in [0.25, 0.3) is 11.2 Å². The molecule has 0 fully saturated rings. The maximum absolute atomic E-state index is 12.2. The van der Waals surface area contributed by atoms with Crippen molar-refractivity contribution in [1.82, 2.24) is 18.7 Å². The standard InChI is InChI=1S/C11H15N5O4/c1-4-16-7-8(13-10(16)12-5-6(17)18)14(2)11(20)15(3)9(7)19/h4-5H2,1-3H3,(H,12,13)(H,17,18). The maximum atomic E-state index is 12.2. The van der Waals surface area contributed by atoms with Crippen LogP contribution in [0.3, 0.4) is 0 Å². The largest absolute Gasteiger partial charge is 0.480 e. The Hall–Kier alpha value is -2.58. The molecular formula is C11H15N5O4. The van der Waals surface area contributed by atoms with Crippen LogP contribution < -0.4 is 16.6 Å². The number of aromatic nitrogens is 4. The lowest BCUT2D eigenvalue weighted by molar-refractivity contribution is -0.134. The fourth-order valence-corrected chi connectivity index (χ4v) is 2.04. The minimum atomic E-state index is -1.04. The summed E-state index contributed by atoms with van der Waals surface area (Å²) in [4.78, 5) is 38.8. The van der Waals surface area contributed by atoms with Gasteiger partial charge in [0.2, 0.25) is 5.95 Å². The number of nitrogens with one attached hydrogen (secondary N) is 1. The van der Waals surface area contributed by atoms with Gasteiger partial charge in [-0.1, -0.05) is 0 Å². The number of carboxylic acid groups (broad SMARTS) is 1. The van der Waals surface area contributed by atoms with Crippen molar-refractivity contribution in [1.29, 1.82) is 0 Å². The Labute approximate surface area is 113 Å². The molecule has 2 aromatic heterocycles. The van der Waals surface area contributed by atoms with E-state index in [-0.39, 0.29) is 23.7 Å². The van der Waals surface area contributed by atoms with Gasteiger partial charge in [-0.2, -0.15) is 4.98 Å². The van der Waals surface area contributed by atoms with E-state index in [0.29, 0.717) is 6.54 Å². The van der Waals surface area contributed by atoms with Gasteiger partial charge in [0.05, 0.1) is 0 Å². The normalized spacial score (nSPS) is 10.9. The van der Waals surface area contributed by atoms with Crippen molar-refractivity contribution in [3.05, 3.63) is 20.8 Å². The van der Waals surface area contributed by atoms with Crippen molar-refractivity contribution in [2.24, 2.45) is 14.1 Å². The quantitative estimate of drug-likeness (QED) is 0.739. The van der Waals surface area contributed by atoms with Crippen LogP contribution in [0.1, 0.15) is 6.92 Å². The lowest BCUT2D eigenvalue weighted by Crippen LogP contribution is -2.37. The summed E-state index contributed by atoms with van der Waals surface area (Å²) in [6, 6.07) is 0. The van der Waals surface area contributed by atoms with Crippen molar-refractivity contribution < 1.29 is 9.90 Å². The molecule has 0 amide bonds. The minimum absolute atomic E-state index is 0.229. The molecule has 0 atom stereocenters. The van der Waals surface area contributed by atoms with Gasteiger partial charge in [-0.3, -0.25) is 18.7 Å². The van der Waals surface area contributed by atoms with E-state index in [9.17, 15) is 14.4 Å². The number of hydrogen-bond donors (Lipinski definition) is 2. The Kier molecular flexibility index (Phi) is 3.35. The molecule has 0 saturated carbocycles. The van der Waals surface area contributed by atoms with E-state index in [1.54, 1.807) is 11.5 Å². The van der Waals surface area contributed by atoms with Crippen LogP contribution in [-0.4, -0.2) is 36.3 Å². The van der Waals surface area contributed by atoms with Crippen LogP contribution in [0, 0.1) is 0 Å². The second kappa shape index (κ2) is 4.83. The summed E-state index contributed by atoms with van der Waals surface area (Å²) in [5.74, 6) is -0.787. The van der Waals surface area contributed by atoms with Crippen molar-refractivity contribution in [2.75, 3.05) is 11.9 Å². The van der Waals surface area contributed by atoms with Gasteiger partial charge >= 0.3 is 11.7 Å². The highest BCUT2D eigenvalue weighted by atomic mass is 16.4. The topological polar surface area (TPSA) is 111 Å². The molecular weight excluding hydrogens is 266 g/mol. The smallest absolute Gasteiger partial charge is 0.332 e. The average Bonchev–Trinajstić information content (AvgIpc) is 2.79. The van der Waals surface area contributed by atoms with Gasteiger partial charge in [-0.15, -0.1) is 0 Å². The summed E-state index contributed by atoms with van der Waals surface area (Å²) in [5.41, 5.74) is -0.438. The van der Waals surface area contributed by atoms with Gasteiger partial charge in [0, 0.05) is 20.6 Å². The number of carboxylic acids is 1. The summed E-state index contributed by atoms with van der Waals surface area (Å²) >= 11 is 0. The summed E-state index contributed by atoms with van der Waals surface area (Å²) in [5, 5.41) is 11.3. The van der Waals surface area contributed by atoms with Gasteiger partial charge in [0.25, 0.3) is 5.56 Å². The first-order chi connectivity index (χ1) is 9.38. The predicted octanol–water partition coefficient (Wildman–Crippen LogP) is -1.05. The molecule has 0 radical (unpaired) electrons. The third-order valence-electron chi connectivity index (χ3n) is 3.06. The molecule has 108 valence electrons. The maximum Gasteiger partial charge on any atom is 0.332 e. The molecule has 0 saturated heterocycles. The molecule has 9 nitrogen and oxygen atoms in total. The zero-order valence-corrected chi connectivity index (χ0v) is 11.4. The van der Waals surface area contributed by atoms with E-state index in [2.05, 4.69) is 10.3 Å². The summed E-state index contributed by atoms with van der Waals surface area (Å²) < 4.78 is 3.81. The predicted molar refractivity (Wildman–Crippen MR) is 72.0 cm³/mol. The molecule has 2 N–H and O–H groups in total. The van der Waals surface area contributed by atoms with E-state index in [4.69, 9.17) is 5.11 Å². The third kappa shape index (κ3) is 1.96. The van der Waals surface area contributed by atoms with Gasteiger partial charge in [0.15, 0.2) is 11.2 Å². The highest BCUT2D eigenvalue weighted by Gasteiger charge is 2.18. The van der Waals surface area contributed by atoms with E-state index in [0.717, 1.165) is 4.57 Å². The molecule has 0 unspecified atom stereocenters. The molecule has 2 heterocycles. The molecule has 0 aliphatic heterocycles. The summed E-state index contributed by atoms with van der Waals surface area (Å²) in [7, 11) is 2.90. The second-order valence-electron chi connectivity index (χ2n) is 4.30. The molecule has 0 aromatic carbocycles. The highest BCUT2D eigenvalue weighted by Crippen LogP contribution is 2.14. The average molecular weight is 281 g/mol. The number of carbonyl (C=O) groups is 1. The van der Waals surface area contributed by atoms with E-state index in [1.165, 1.54) is 18.7 Å². The van der Waals surface area contributed by atoms with Crippen LogP contribution in [0.5, 0.6) is 0 Å². The lowest BCUT2D eigenvalue weighted by atomic mass is 10.5. The van der Waals surface area contributed by atoms with Crippen molar-refractivity contribution in [3.63, 3.8) is 0 Å². The first-order valence-electron chi connectivity index (χ1n) is 6.00. The number of imidazole rings is 1. The van der Waals surface area contributed by atoms with E-state index in [1.807, 2.05) is 0 Å². The fraction of sp³-hybridized carbons (Fsp3) is 0.455. The van der Waals surface area contributed by atoms with Crippen LogP contribution in [0.2, 0.25) is 0 Å². The Morgan fingerprint density at radius 3 is 2.50 bits per heavy atom. The Morgan fingerprint density at radius 1 is 1.30 bits per heavy atom. The SMILES string of the molecule is CCn1c(NCC(=O)O)nc2c1c(=O)n(C)c(=O)n2C. The third-order valence-corrected chi connectivity index (χ3v) is 3.06. The molecule has 0 aliphatic rings. The van der Waals surface area contributed by atoms with Gasteiger partial charge in [-0.05, 0) is 6.92 Å². The summed E-state index contributed by atoms with van der Waals surface area (Å²) in [6.45, 7) is 1.90. The van der Waals surface area contributed by atoms with E-state index >= 15 is 0 Å².